The molecule has 0 bridgehead atoms. The zero-order valence-electron chi connectivity index (χ0n) is 14.4. The summed E-state index contributed by atoms with van der Waals surface area (Å²) in [4.78, 5) is 16.7. The molecule has 25 heavy (non-hydrogen) atoms. The largest absolute Gasteiger partial charge is 0.461 e. The Balaban J connectivity index is 2.19. The molecule has 0 saturated heterocycles. The van der Waals surface area contributed by atoms with Crippen LogP contribution < -0.4 is 0 Å². The number of carbonyl (C=O) groups excluding carboxylic acids is 1. The summed E-state index contributed by atoms with van der Waals surface area (Å²) in [6.45, 7) is 6.11. The highest BCUT2D eigenvalue weighted by atomic mass is 35.5. The van der Waals surface area contributed by atoms with Crippen LogP contribution in [0.1, 0.15) is 28.5 Å². The van der Waals surface area contributed by atoms with Gasteiger partial charge in [0.1, 0.15) is 5.82 Å². The van der Waals surface area contributed by atoms with E-state index in [9.17, 15) is 4.79 Å². The number of rotatable bonds is 4. The van der Waals surface area contributed by atoms with Crippen LogP contribution in [0.2, 0.25) is 5.02 Å². The Bertz CT molecular complexity index is 914. The molecular formula is C20H19ClN2O2. The molecule has 2 aromatic carbocycles. The second kappa shape index (κ2) is 7.11. The van der Waals surface area contributed by atoms with Gasteiger partial charge in [0.05, 0.1) is 12.3 Å². The molecule has 0 radical (unpaired) electrons. The first-order chi connectivity index (χ1) is 12.0. The van der Waals surface area contributed by atoms with Gasteiger partial charge in [-0.3, -0.25) is 4.57 Å². The third kappa shape index (κ3) is 3.59. The molecule has 3 rings (SSSR count). The number of hydrogen-bond acceptors (Lipinski definition) is 3. The molecule has 0 aliphatic rings. The first-order valence-electron chi connectivity index (χ1n) is 8.09. The molecule has 0 saturated carbocycles. The first-order valence-corrected chi connectivity index (χ1v) is 8.47. The number of esters is 1. The third-order valence-electron chi connectivity index (χ3n) is 3.93. The van der Waals surface area contributed by atoms with Crippen molar-refractivity contribution in [2.24, 2.45) is 0 Å². The van der Waals surface area contributed by atoms with Crippen LogP contribution in [0, 0.1) is 13.8 Å². The zero-order valence-corrected chi connectivity index (χ0v) is 15.2. The summed E-state index contributed by atoms with van der Waals surface area (Å²) in [6.07, 6.45) is 1.70. The van der Waals surface area contributed by atoms with Crippen LogP contribution in [0.15, 0.2) is 48.7 Å². The van der Waals surface area contributed by atoms with E-state index in [2.05, 4.69) is 4.98 Å². The lowest BCUT2D eigenvalue weighted by molar-refractivity contribution is 0.0520. The molecule has 1 heterocycles. The Labute approximate surface area is 152 Å². The second-order valence-corrected chi connectivity index (χ2v) is 6.27. The molecule has 1 aromatic heterocycles. The van der Waals surface area contributed by atoms with Gasteiger partial charge in [-0.1, -0.05) is 47.5 Å². The molecule has 5 heteroatoms. The molecule has 0 spiro atoms. The number of hydrogen-bond donors (Lipinski definition) is 0. The Morgan fingerprint density at radius 1 is 1.16 bits per heavy atom. The van der Waals surface area contributed by atoms with E-state index in [1.807, 2.05) is 60.9 Å². The molecule has 4 nitrogen and oxygen atoms in total. The predicted molar refractivity (Wildman–Crippen MR) is 99.4 cm³/mol. The average molecular weight is 355 g/mol. The second-order valence-electron chi connectivity index (χ2n) is 5.84. The van der Waals surface area contributed by atoms with Crippen LogP contribution >= 0.6 is 11.6 Å². The SMILES string of the molecule is CCOC(=O)c1cn(-c2cc(Cl)ccc2C)c(-c2ccc(C)cc2)n1. The van der Waals surface area contributed by atoms with Gasteiger partial charge in [-0.2, -0.15) is 0 Å². The van der Waals surface area contributed by atoms with E-state index in [4.69, 9.17) is 16.3 Å². The Morgan fingerprint density at radius 2 is 1.88 bits per heavy atom. The van der Waals surface area contributed by atoms with E-state index >= 15 is 0 Å². The zero-order chi connectivity index (χ0) is 18.0. The van der Waals surface area contributed by atoms with Crippen LogP contribution in [0.5, 0.6) is 0 Å². The van der Waals surface area contributed by atoms with Crippen LogP contribution in [0.4, 0.5) is 0 Å². The number of nitrogens with zero attached hydrogens (tertiary/aromatic N) is 2. The lowest BCUT2D eigenvalue weighted by atomic mass is 10.1. The number of ether oxygens (including phenoxy) is 1. The van der Waals surface area contributed by atoms with Gasteiger partial charge >= 0.3 is 5.97 Å². The van der Waals surface area contributed by atoms with Crippen LogP contribution in [-0.4, -0.2) is 22.1 Å². The molecule has 0 unspecified atom stereocenters. The lowest BCUT2D eigenvalue weighted by Gasteiger charge is -2.11. The van der Waals surface area contributed by atoms with Crippen molar-refractivity contribution in [2.45, 2.75) is 20.8 Å². The van der Waals surface area contributed by atoms with Gasteiger partial charge in [0.2, 0.25) is 0 Å². The molecule has 0 amide bonds. The van der Waals surface area contributed by atoms with Gasteiger partial charge < -0.3 is 4.74 Å². The van der Waals surface area contributed by atoms with Gasteiger partial charge in [0.25, 0.3) is 0 Å². The summed E-state index contributed by atoms with van der Waals surface area (Å²) in [5, 5.41) is 0.627. The van der Waals surface area contributed by atoms with Crippen LogP contribution in [0.3, 0.4) is 0 Å². The number of benzene rings is 2. The summed E-state index contributed by atoms with van der Waals surface area (Å²) < 4.78 is 6.99. The molecule has 0 N–H and O–H groups in total. The van der Waals surface area contributed by atoms with E-state index in [-0.39, 0.29) is 5.69 Å². The number of halogens is 1. The smallest absolute Gasteiger partial charge is 0.358 e. The topological polar surface area (TPSA) is 44.1 Å². The Morgan fingerprint density at radius 3 is 2.56 bits per heavy atom. The van der Waals surface area contributed by atoms with Crippen molar-refractivity contribution in [3.8, 4) is 17.1 Å². The molecule has 0 aliphatic heterocycles. The number of imidazole rings is 1. The maximum absolute atomic E-state index is 12.2. The third-order valence-corrected chi connectivity index (χ3v) is 4.17. The van der Waals surface area contributed by atoms with Gasteiger partial charge in [-0.15, -0.1) is 0 Å². The van der Waals surface area contributed by atoms with E-state index in [0.29, 0.717) is 17.5 Å². The molecule has 0 fully saturated rings. The standard InChI is InChI=1S/C20H19ClN2O2/c1-4-25-20(24)17-12-23(18-11-16(21)10-7-14(18)3)19(22-17)15-8-5-13(2)6-9-15/h5-12H,4H2,1-3H3. The van der Waals surface area contributed by atoms with Gasteiger partial charge in [0.15, 0.2) is 5.69 Å². The maximum Gasteiger partial charge on any atom is 0.358 e. The fourth-order valence-corrected chi connectivity index (χ4v) is 2.78. The number of carbonyl (C=O) groups is 1. The van der Waals surface area contributed by atoms with E-state index in [1.54, 1.807) is 13.1 Å². The van der Waals surface area contributed by atoms with Crippen molar-refractivity contribution in [2.75, 3.05) is 6.61 Å². The highest BCUT2D eigenvalue weighted by molar-refractivity contribution is 6.30. The Kier molecular flexibility index (Phi) is 4.91. The summed E-state index contributed by atoms with van der Waals surface area (Å²) >= 11 is 6.18. The fourth-order valence-electron chi connectivity index (χ4n) is 2.62. The number of aryl methyl sites for hydroxylation is 2. The Hall–Kier alpha value is -2.59. The minimum atomic E-state index is -0.436. The molecule has 128 valence electrons. The fraction of sp³-hybridized carbons (Fsp3) is 0.200. The average Bonchev–Trinajstić information content (AvgIpc) is 3.03. The summed E-state index contributed by atoms with van der Waals surface area (Å²) in [6, 6.07) is 13.7. The monoisotopic (exact) mass is 354 g/mol. The van der Waals surface area contributed by atoms with Crippen LogP contribution in [0.25, 0.3) is 17.1 Å². The predicted octanol–water partition coefficient (Wildman–Crippen LogP) is 4.99. The quantitative estimate of drug-likeness (QED) is 0.620. The van der Waals surface area contributed by atoms with E-state index < -0.39 is 5.97 Å². The van der Waals surface area contributed by atoms with E-state index in [1.165, 1.54) is 0 Å². The lowest BCUT2D eigenvalue weighted by Crippen LogP contribution is -2.04. The summed E-state index contributed by atoms with van der Waals surface area (Å²) in [5.74, 6) is 0.239. The van der Waals surface area contributed by atoms with Crippen molar-refractivity contribution in [1.29, 1.82) is 0 Å². The molecule has 3 aromatic rings. The summed E-state index contributed by atoms with van der Waals surface area (Å²) in [5.41, 5.74) is 4.26. The van der Waals surface area contributed by atoms with Gasteiger partial charge in [0, 0.05) is 16.8 Å². The molecule has 0 atom stereocenters. The minimum absolute atomic E-state index is 0.275. The van der Waals surface area contributed by atoms with Crippen molar-refractivity contribution < 1.29 is 9.53 Å². The highest BCUT2D eigenvalue weighted by Crippen LogP contribution is 2.27. The van der Waals surface area contributed by atoms with Gasteiger partial charge in [-0.25, -0.2) is 9.78 Å². The summed E-state index contributed by atoms with van der Waals surface area (Å²) in [7, 11) is 0. The normalized spacial score (nSPS) is 10.7. The minimum Gasteiger partial charge on any atom is -0.461 e. The maximum atomic E-state index is 12.2. The van der Waals surface area contributed by atoms with Gasteiger partial charge in [-0.05, 0) is 38.5 Å². The molecule has 0 aliphatic carbocycles. The van der Waals surface area contributed by atoms with E-state index in [0.717, 1.165) is 22.4 Å². The first kappa shape index (κ1) is 17.2. The highest BCUT2D eigenvalue weighted by Gasteiger charge is 2.18. The van der Waals surface area contributed by atoms with Crippen molar-refractivity contribution in [1.82, 2.24) is 9.55 Å². The van der Waals surface area contributed by atoms with Crippen molar-refractivity contribution in [3.63, 3.8) is 0 Å². The van der Waals surface area contributed by atoms with Crippen molar-refractivity contribution in [3.05, 3.63) is 70.5 Å². The van der Waals surface area contributed by atoms with Crippen LogP contribution in [-0.2, 0) is 4.74 Å². The van der Waals surface area contributed by atoms with Crippen molar-refractivity contribution >= 4 is 17.6 Å². The number of aromatic nitrogens is 2. The molecular weight excluding hydrogens is 336 g/mol.